The molecule has 2 N–H and O–H groups in total. The van der Waals surface area contributed by atoms with E-state index in [2.05, 4.69) is 16.0 Å². The Kier molecular flexibility index (Phi) is 4.37. The van der Waals surface area contributed by atoms with Crippen LogP contribution in [0.1, 0.15) is 59.0 Å². The van der Waals surface area contributed by atoms with Gasteiger partial charge in [-0.05, 0) is 48.6 Å². The van der Waals surface area contributed by atoms with Gasteiger partial charge in [0, 0.05) is 34.8 Å². The summed E-state index contributed by atoms with van der Waals surface area (Å²) in [6, 6.07) is 11.3. The molecule has 0 saturated heterocycles. The van der Waals surface area contributed by atoms with Crippen molar-refractivity contribution in [1.29, 1.82) is 0 Å². The zero-order valence-electron chi connectivity index (χ0n) is 14.8. The van der Waals surface area contributed by atoms with Crippen LogP contribution in [0, 0.1) is 0 Å². The molecule has 26 heavy (non-hydrogen) atoms. The Morgan fingerprint density at radius 2 is 2.08 bits per heavy atom. The molecule has 0 unspecified atom stereocenters. The highest BCUT2D eigenvalue weighted by molar-refractivity contribution is 5.87. The zero-order chi connectivity index (χ0) is 18.1. The molecule has 0 atom stereocenters. The van der Waals surface area contributed by atoms with E-state index < -0.39 is 5.97 Å². The minimum Gasteiger partial charge on any atom is -0.497 e. The van der Waals surface area contributed by atoms with Gasteiger partial charge < -0.3 is 14.8 Å². The van der Waals surface area contributed by atoms with Crippen LogP contribution in [0.15, 0.2) is 36.4 Å². The lowest BCUT2D eigenvalue weighted by molar-refractivity contribution is 0.0690. The third-order valence-corrected chi connectivity index (χ3v) is 5.29. The molecule has 1 aromatic carbocycles. The number of rotatable bonds is 5. The molecule has 0 aliphatic heterocycles. The van der Waals surface area contributed by atoms with Gasteiger partial charge in [-0.25, -0.2) is 9.78 Å². The third kappa shape index (κ3) is 3.05. The summed E-state index contributed by atoms with van der Waals surface area (Å²) in [7, 11) is 1.67. The maximum absolute atomic E-state index is 11.2. The van der Waals surface area contributed by atoms with Gasteiger partial charge in [0.15, 0.2) is 0 Å². The first kappa shape index (κ1) is 16.6. The number of benzene rings is 1. The number of ether oxygens (including phenoxy) is 1. The molecule has 0 spiro atoms. The van der Waals surface area contributed by atoms with Crippen LogP contribution in [0.4, 0.5) is 0 Å². The van der Waals surface area contributed by atoms with Crippen molar-refractivity contribution in [2.45, 2.75) is 38.0 Å². The van der Waals surface area contributed by atoms with Gasteiger partial charge in [-0.2, -0.15) is 0 Å². The lowest BCUT2D eigenvalue weighted by Crippen LogP contribution is -2.04. The molecule has 0 radical (unpaired) electrons. The third-order valence-electron chi connectivity index (χ3n) is 5.29. The molecule has 2 aromatic heterocycles. The Balaban J connectivity index is 1.80. The average molecular weight is 350 g/mol. The topological polar surface area (TPSA) is 75.2 Å². The van der Waals surface area contributed by atoms with E-state index in [-0.39, 0.29) is 5.69 Å². The van der Waals surface area contributed by atoms with Crippen molar-refractivity contribution in [2.75, 3.05) is 7.11 Å². The van der Waals surface area contributed by atoms with Gasteiger partial charge in [0.25, 0.3) is 0 Å². The van der Waals surface area contributed by atoms with Crippen molar-refractivity contribution >= 4 is 16.9 Å². The molecular formula is C21H22N2O3. The fourth-order valence-corrected chi connectivity index (χ4v) is 4.01. The number of aromatic nitrogens is 2. The molecule has 1 saturated carbocycles. The Morgan fingerprint density at radius 3 is 2.81 bits per heavy atom. The van der Waals surface area contributed by atoms with Gasteiger partial charge in [-0.1, -0.05) is 18.9 Å². The van der Waals surface area contributed by atoms with Crippen molar-refractivity contribution < 1.29 is 14.6 Å². The number of hydrogen-bond donors (Lipinski definition) is 2. The number of carboxylic acids is 1. The molecule has 1 fully saturated rings. The Bertz CT molecular complexity index is 955. The largest absolute Gasteiger partial charge is 0.497 e. The number of aromatic amines is 1. The van der Waals surface area contributed by atoms with Crippen LogP contribution in [0.3, 0.4) is 0 Å². The van der Waals surface area contributed by atoms with Crippen LogP contribution in [0.5, 0.6) is 5.75 Å². The number of carbonyl (C=O) groups is 1. The SMILES string of the molecule is COc1ccc2c(Cc3cccc(C(=O)O)n3)c(C3CCCC3)[nH]c2c1. The number of H-pyrrole nitrogens is 1. The standard InChI is InChI=1S/C21H22N2O3/c1-26-15-9-10-16-17(11-14-7-4-8-18(22-14)21(24)25)20(23-19(16)12-15)13-5-2-3-6-13/h4,7-10,12-13,23H,2-3,5-6,11H2,1H3,(H,24,25). The second-order valence-electron chi connectivity index (χ2n) is 6.91. The van der Waals surface area contributed by atoms with Crippen molar-refractivity contribution in [3.8, 4) is 5.75 Å². The highest BCUT2D eigenvalue weighted by Gasteiger charge is 2.24. The summed E-state index contributed by atoms with van der Waals surface area (Å²) in [5.41, 5.74) is 4.43. The van der Waals surface area contributed by atoms with Crippen molar-refractivity contribution in [3.05, 3.63) is 59.0 Å². The van der Waals surface area contributed by atoms with Gasteiger partial charge in [-0.3, -0.25) is 0 Å². The predicted octanol–water partition coefficient (Wildman–Crippen LogP) is 4.52. The van der Waals surface area contributed by atoms with E-state index in [0.717, 1.165) is 22.3 Å². The Hall–Kier alpha value is -2.82. The molecule has 2 heterocycles. The number of pyridine rings is 1. The van der Waals surface area contributed by atoms with Crippen molar-refractivity contribution in [3.63, 3.8) is 0 Å². The van der Waals surface area contributed by atoms with Gasteiger partial charge in [0.2, 0.25) is 0 Å². The monoisotopic (exact) mass is 350 g/mol. The van der Waals surface area contributed by atoms with Crippen LogP contribution < -0.4 is 4.74 Å². The van der Waals surface area contributed by atoms with Crippen molar-refractivity contribution in [2.24, 2.45) is 0 Å². The Labute approximate surface area is 152 Å². The summed E-state index contributed by atoms with van der Waals surface area (Å²) in [5.74, 6) is 0.367. The molecule has 5 nitrogen and oxygen atoms in total. The summed E-state index contributed by atoms with van der Waals surface area (Å²) in [6.07, 6.45) is 5.53. The lowest BCUT2D eigenvalue weighted by Gasteiger charge is -2.11. The van der Waals surface area contributed by atoms with Crippen LogP contribution in [0.2, 0.25) is 0 Å². The smallest absolute Gasteiger partial charge is 0.354 e. The van der Waals surface area contributed by atoms with E-state index in [9.17, 15) is 9.90 Å². The summed E-state index contributed by atoms with van der Waals surface area (Å²) < 4.78 is 5.36. The van der Waals surface area contributed by atoms with Gasteiger partial charge in [-0.15, -0.1) is 0 Å². The molecule has 4 rings (SSSR count). The van der Waals surface area contributed by atoms with Crippen LogP contribution >= 0.6 is 0 Å². The number of aromatic carboxylic acids is 1. The molecule has 1 aliphatic carbocycles. The number of hydrogen-bond acceptors (Lipinski definition) is 3. The second-order valence-corrected chi connectivity index (χ2v) is 6.91. The van der Waals surface area contributed by atoms with E-state index in [1.54, 1.807) is 13.2 Å². The lowest BCUT2D eigenvalue weighted by atomic mass is 9.96. The van der Waals surface area contributed by atoms with Crippen molar-refractivity contribution in [1.82, 2.24) is 9.97 Å². The van der Waals surface area contributed by atoms with Crippen LogP contribution in [-0.4, -0.2) is 28.2 Å². The molecule has 134 valence electrons. The molecule has 0 bridgehead atoms. The van der Waals surface area contributed by atoms with Crippen LogP contribution in [-0.2, 0) is 6.42 Å². The number of fused-ring (bicyclic) bond motifs is 1. The summed E-state index contributed by atoms with van der Waals surface area (Å²) in [6.45, 7) is 0. The van der Waals surface area contributed by atoms with Gasteiger partial charge in [0.1, 0.15) is 11.4 Å². The number of nitrogens with zero attached hydrogens (tertiary/aromatic N) is 1. The van der Waals surface area contributed by atoms with Gasteiger partial charge in [0.05, 0.1) is 7.11 Å². The van der Waals surface area contributed by atoms with E-state index >= 15 is 0 Å². The fourth-order valence-electron chi connectivity index (χ4n) is 4.01. The number of carboxylic acid groups (broad SMARTS) is 1. The maximum atomic E-state index is 11.2. The quantitative estimate of drug-likeness (QED) is 0.709. The normalized spacial score (nSPS) is 14.8. The highest BCUT2D eigenvalue weighted by Crippen LogP contribution is 2.39. The summed E-state index contributed by atoms with van der Waals surface area (Å²) >= 11 is 0. The van der Waals surface area contributed by atoms with E-state index in [0.29, 0.717) is 12.3 Å². The average Bonchev–Trinajstić information content (AvgIpc) is 3.29. The number of methoxy groups -OCH3 is 1. The zero-order valence-corrected chi connectivity index (χ0v) is 14.8. The molecule has 5 heteroatoms. The summed E-state index contributed by atoms with van der Waals surface area (Å²) in [5, 5.41) is 10.4. The fraction of sp³-hybridized carbons (Fsp3) is 0.333. The minimum atomic E-state index is -0.994. The molecule has 1 aliphatic rings. The minimum absolute atomic E-state index is 0.0893. The van der Waals surface area contributed by atoms with E-state index in [1.807, 2.05) is 18.2 Å². The van der Waals surface area contributed by atoms with E-state index in [1.165, 1.54) is 43.0 Å². The maximum Gasteiger partial charge on any atom is 0.354 e. The van der Waals surface area contributed by atoms with E-state index in [4.69, 9.17) is 4.74 Å². The highest BCUT2D eigenvalue weighted by atomic mass is 16.5. The second kappa shape index (κ2) is 6.83. The first-order valence-corrected chi connectivity index (χ1v) is 9.03. The molecule has 0 amide bonds. The first-order valence-electron chi connectivity index (χ1n) is 9.03. The van der Waals surface area contributed by atoms with Crippen LogP contribution in [0.25, 0.3) is 10.9 Å². The summed E-state index contributed by atoms with van der Waals surface area (Å²) in [4.78, 5) is 19.2. The predicted molar refractivity (Wildman–Crippen MR) is 100 cm³/mol. The molecule has 3 aromatic rings. The Morgan fingerprint density at radius 1 is 1.27 bits per heavy atom. The number of nitrogens with one attached hydrogen (secondary N) is 1. The van der Waals surface area contributed by atoms with Gasteiger partial charge >= 0.3 is 5.97 Å². The first-order chi connectivity index (χ1) is 12.7. The molecular weight excluding hydrogens is 328 g/mol.